The number of halogens is 3. The lowest BCUT2D eigenvalue weighted by molar-refractivity contribution is -0.140. The minimum absolute atomic E-state index is 0.0327. The third-order valence-corrected chi connectivity index (χ3v) is 7.18. The molecule has 4 heterocycles. The number of hydrogen-bond donors (Lipinski definition) is 1. The standard InChI is InChI=1S/C27H28F3N7O/c1-3-36-14-22(27(28,29)30)34-25(36)17-8-10-18(11-9-17)33-19-5-4-12-37-21(19)13-20(35-37)23-24(16-6-7-16)31-15-32-26(23)38-2/h8-11,13-16,19,33H,3-7,12H2,1-2H3/t19-/m0/s1. The molecule has 0 saturated heterocycles. The molecule has 1 atom stereocenters. The number of imidazole rings is 1. The summed E-state index contributed by atoms with van der Waals surface area (Å²) in [5, 5.41) is 8.49. The molecule has 11 heteroatoms. The van der Waals surface area contributed by atoms with E-state index in [4.69, 9.17) is 9.84 Å². The summed E-state index contributed by atoms with van der Waals surface area (Å²) in [5.41, 5.74) is 4.37. The van der Waals surface area contributed by atoms with Crippen molar-refractivity contribution in [1.82, 2.24) is 29.3 Å². The molecule has 1 N–H and O–H groups in total. The van der Waals surface area contributed by atoms with Crippen LogP contribution in [0.15, 0.2) is 42.9 Å². The largest absolute Gasteiger partial charge is 0.480 e. The molecule has 1 aliphatic carbocycles. The lowest BCUT2D eigenvalue weighted by atomic mass is 10.0. The van der Waals surface area contributed by atoms with Crippen LogP contribution in [0.4, 0.5) is 18.9 Å². The molecule has 198 valence electrons. The topological polar surface area (TPSA) is 82.7 Å². The molecule has 0 spiro atoms. The normalized spacial score (nSPS) is 17.3. The molecule has 2 aliphatic rings. The summed E-state index contributed by atoms with van der Waals surface area (Å²) in [6, 6.07) is 9.49. The van der Waals surface area contributed by atoms with Gasteiger partial charge < -0.3 is 14.6 Å². The van der Waals surface area contributed by atoms with Crippen LogP contribution in [-0.4, -0.2) is 36.4 Å². The minimum Gasteiger partial charge on any atom is -0.480 e. The highest BCUT2D eigenvalue weighted by Gasteiger charge is 2.35. The van der Waals surface area contributed by atoms with Gasteiger partial charge in [0.2, 0.25) is 5.88 Å². The van der Waals surface area contributed by atoms with Crippen LogP contribution >= 0.6 is 0 Å². The maximum absolute atomic E-state index is 13.2. The first-order chi connectivity index (χ1) is 18.4. The summed E-state index contributed by atoms with van der Waals surface area (Å²) < 4.78 is 48.7. The van der Waals surface area contributed by atoms with Gasteiger partial charge in [0.1, 0.15) is 12.2 Å². The minimum atomic E-state index is -4.48. The second-order valence-electron chi connectivity index (χ2n) is 9.75. The molecule has 0 amide bonds. The van der Waals surface area contributed by atoms with Gasteiger partial charge in [0.25, 0.3) is 0 Å². The van der Waals surface area contributed by atoms with E-state index in [1.165, 1.54) is 4.57 Å². The lowest BCUT2D eigenvalue weighted by Gasteiger charge is -2.25. The molecule has 0 unspecified atom stereocenters. The fourth-order valence-corrected chi connectivity index (χ4v) is 5.14. The summed E-state index contributed by atoms with van der Waals surface area (Å²) in [6.45, 7) is 3.02. The predicted molar refractivity (Wildman–Crippen MR) is 136 cm³/mol. The van der Waals surface area contributed by atoms with E-state index in [9.17, 15) is 13.2 Å². The zero-order valence-electron chi connectivity index (χ0n) is 21.2. The highest BCUT2D eigenvalue weighted by atomic mass is 19.4. The SMILES string of the molecule is CCn1cc(C(F)(F)F)nc1-c1ccc(N[C@H]2CCCn3nc(-c4c(OC)ncnc4C4CC4)cc32)cc1. The number of alkyl halides is 3. The van der Waals surface area contributed by atoms with E-state index in [0.717, 1.165) is 66.8 Å². The van der Waals surface area contributed by atoms with Gasteiger partial charge in [0.15, 0.2) is 5.69 Å². The Morgan fingerprint density at radius 3 is 2.58 bits per heavy atom. The monoisotopic (exact) mass is 523 g/mol. The third-order valence-electron chi connectivity index (χ3n) is 7.18. The molecule has 1 saturated carbocycles. The van der Waals surface area contributed by atoms with Crippen molar-refractivity contribution in [2.75, 3.05) is 12.4 Å². The molecule has 38 heavy (non-hydrogen) atoms. The Kier molecular flexibility index (Phi) is 6.08. The Morgan fingerprint density at radius 1 is 1.11 bits per heavy atom. The Bertz CT molecular complexity index is 1450. The number of methoxy groups -OCH3 is 1. The summed E-state index contributed by atoms with van der Waals surface area (Å²) in [5.74, 6) is 1.26. The molecule has 6 rings (SSSR count). The number of rotatable bonds is 7. The van der Waals surface area contributed by atoms with E-state index in [2.05, 4.69) is 26.3 Å². The highest BCUT2D eigenvalue weighted by molar-refractivity contribution is 5.69. The van der Waals surface area contributed by atoms with Crippen molar-refractivity contribution in [2.24, 2.45) is 0 Å². The van der Waals surface area contributed by atoms with Crippen molar-refractivity contribution in [2.45, 2.75) is 63.8 Å². The molecule has 1 aliphatic heterocycles. The van der Waals surface area contributed by atoms with Crippen LogP contribution in [0.5, 0.6) is 5.88 Å². The van der Waals surface area contributed by atoms with Crippen molar-refractivity contribution in [1.29, 1.82) is 0 Å². The van der Waals surface area contributed by atoms with Crippen molar-refractivity contribution in [3.63, 3.8) is 0 Å². The van der Waals surface area contributed by atoms with Gasteiger partial charge in [-0.1, -0.05) is 0 Å². The smallest absolute Gasteiger partial charge is 0.434 e. The Morgan fingerprint density at radius 2 is 1.89 bits per heavy atom. The number of fused-ring (bicyclic) bond motifs is 1. The number of nitrogens with zero attached hydrogens (tertiary/aromatic N) is 6. The van der Waals surface area contributed by atoms with Crippen molar-refractivity contribution >= 4 is 5.69 Å². The van der Waals surface area contributed by atoms with Crippen LogP contribution in [0.2, 0.25) is 0 Å². The van der Waals surface area contributed by atoms with Gasteiger partial charge in [0.05, 0.1) is 35.8 Å². The maximum atomic E-state index is 13.2. The van der Waals surface area contributed by atoms with Gasteiger partial charge in [-0.3, -0.25) is 4.68 Å². The summed E-state index contributed by atoms with van der Waals surface area (Å²) >= 11 is 0. The van der Waals surface area contributed by atoms with E-state index in [1.807, 2.05) is 16.8 Å². The van der Waals surface area contributed by atoms with Gasteiger partial charge in [-0.05, 0) is 62.9 Å². The number of nitrogens with one attached hydrogen (secondary N) is 1. The Hall–Kier alpha value is -3.89. The van der Waals surface area contributed by atoms with E-state index < -0.39 is 11.9 Å². The van der Waals surface area contributed by atoms with Crippen LogP contribution < -0.4 is 10.1 Å². The Balaban J connectivity index is 1.26. The molecular weight excluding hydrogens is 495 g/mol. The van der Waals surface area contributed by atoms with Crippen LogP contribution in [0, 0.1) is 0 Å². The average Bonchev–Trinajstić information content (AvgIpc) is 3.50. The van der Waals surface area contributed by atoms with E-state index in [-0.39, 0.29) is 6.04 Å². The molecular formula is C27H28F3N7O. The number of aryl methyl sites for hydroxylation is 2. The van der Waals surface area contributed by atoms with Gasteiger partial charge in [0, 0.05) is 36.5 Å². The Labute approximate surface area is 217 Å². The first kappa shape index (κ1) is 24.4. The third kappa shape index (κ3) is 4.50. The second-order valence-corrected chi connectivity index (χ2v) is 9.75. The zero-order chi connectivity index (χ0) is 26.4. The van der Waals surface area contributed by atoms with E-state index in [1.54, 1.807) is 32.5 Å². The maximum Gasteiger partial charge on any atom is 0.434 e. The van der Waals surface area contributed by atoms with Crippen LogP contribution in [0.1, 0.15) is 61.6 Å². The zero-order valence-corrected chi connectivity index (χ0v) is 21.2. The van der Waals surface area contributed by atoms with E-state index >= 15 is 0 Å². The van der Waals surface area contributed by atoms with Crippen LogP contribution in [0.3, 0.4) is 0 Å². The number of aromatic nitrogens is 6. The number of ether oxygens (including phenoxy) is 1. The van der Waals surface area contributed by atoms with Gasteiger partial charge in [-0.15, -0.1) is 0 Å². The van der Waals surface area contributed by atoms with Gasteiger partial charge in [-0.25, -0.2) is 15.0 Å². The van der Waals surface area contributed by atoms with Crippen molar-refractivity contribution in [3.8, 4) is 28.5 Å². The fourth-order valence-electron chi connectivity index (χ4n) is 5.14. The van der Waals surface area contributed by atoms with Crippen molar-refractivity contribution < 1.29 is 17.9 Å². The summed E-state index contributed by atoms with van der Waals surface area (Å²) in [4.78, 5) is 12.7. The molecule has 0 radical (unpaired) electrons. The quantitative estimate of drug-likeness (QED) is 0.316. The number of anilines is 1. The number of hydrogen-bond acceptors (Lipinski definition) is 6. The molecule has 0 bridgehead atoms. The van der Waals surface area contributed by atoms with Crippen LogP contribution in [-0.2, 0) is 19.3 Å². The molecule has 1 fully saturated rings. The average molecular weight is 524 g/mol. The van der Waals surface area contributed by atoms with E-state index in [0.29, 0.717) is 29.7 Å². The predicted octanol–water partition coefficient (Wildman–Crippen LogP) is 6.08. The van der Waals surface area contributed by atoms with Crippen LogP contribution in [0.25, 0.3) is 22.6 Å². The first-order valence-corrected chi connectivity index (χ1v) is 12.8. The summed E-state index contributed by atoms with van der Waals surface area (Å²) in [6.07, 6.45) is 2.25. The molecule has 1 aromatic carbocycles. The lowest BCUT2D eigenvalue weighted by Crippen LogP contribution is -2.21. The van der Waals surface area contributed by atoms with Gasteiger partial charge >= 0.3 is 6.18 Å². The fraction of sp³-hybridized carbons (Fsp3) is 0.407. The highest BCUT2D eigenvalue weighted by Crippen LogP contribution is 2.46. The summed E-state index contributed by atoms with van der Waals surface area (Å²) in [7, 11) is 1.61. The molecule has 8 nitrogen and oxygen atoms in total. The molecule has 3 aromatic heterocycles. The second kappa shape index (κ2) is 9.45. The van der Waals surface area contributed by atoms with Crippen molar-refractivity contribution in [3.05, 3.63) is 59.9 Å². The first-order valence-electron chi connectivity index (χ1n) is 12.8. The molecule has 4 aromatic rings. The van der Waals surface area contributed by atoms with Gasteiger partial charge in [-0.2, -0.15) is 18.3 Å². The number of benzene rings is 1.